The molecule has 1 N–H and O–H groups in total. The minimum Gasteiger partial charge on any atom is -0.285 e. The molecule has 2 rings (SSSR count). The van der Waals surface area contributed by atoms with Gasteiger partial charge in [-0.25, -0.2) is 0 Å². The Balaban J connectivity index is 2.61. The van der Waals surface area contributed by atoms with Crippen molar-refractivity contribution < 1.29 is 9.94 Å². The standard InChI is InChI=1S/C11H9N4O/c12-14-13-11-8-15(16)7-6-10(11)9-4-2-1-3-5-9/h1-8,16H/q+1. The van der Waals surface area contributed by atoms with E-state index in [0.29, 0.717) is 5.69 Å². The van der Waals surface area contributed by atoms with E-state index in [0.717, 1.165) is 15.9 Å². The smallest absolute Gasteiger partial charge is 0.232 e. The summed E-state index contributed by atoms with van der Waals surface area (Å²) < 4.78 is 0.858. The first-order valence-corrected chi connectivity index (χ1v) is 4.66. The number of benzene rings is 1. The van der Waals surface area contributed by atoms with Gasteiger partial charge in [-0.3, -0.25) is 5.21 Å². The van der Waals surface area contributed by atoms with Crippen molar-refractivity contribution in [3.63, 3.8) is 0 Å². The maximum absolute atomic E-state index is 9.24. The van der Waals surface area contributed by atoms with Gasteiger partial charge in [-0.15, -0.1) is 0 Å². The zero-order chi connectivity index (χ0) is 11.4. The molecule has 0 radical (unpaired) electrons. The Morgan fingerprint density at radius 2 is 1.94 bits per heavy atom. The van der Waals surface area contributed by atoms with Gasteiger partial charge in [-0.2, -0.15) is 0 Å². The van der Waals surface area contributed by atoms with Gasteiger partial charge < -0.3 is 0 Å². The van der Waals surface area contributed by atoms with E-state index in [2.05, 4.69) is 10.0 Å². The monoisotopic (exact) mass is 213 g/mol. The van der Waals surface area contributed by atoms with E-state index in [1.54, 1.807) is 6.07 Å². The molecule has 16 heavy (non-hydrogen) atoms. The van der Waals surface area contributed by atoms with Crippen LogP contribution in [0.2, 0.25) is 0 Å². The van der Waals surface area contributed by atoms with Crippen molar-refractivity contribution in [2.75, 3.05) is 0 Å². The summed E-state index contributed by atoms with van der Waals surface area (Å²) in [5, 5.41) is 12.8. The Kier molecular flexibility index (Phi) is 2.71. The van der Waals surface area contributed by atoms with Crippen LogP contribution in [0.1, 0.15) is 0 Å². The highest BCUT2D eigenvalue weighted by atomic mass is 16.5. The normalized spacial score (nSPS) is 9.50. The molecule has 0 saturated carbocycles. The Bertz CT molecular complexity index is 547. The molecular formula is C11H9N4O+. The molecule has 5 nitrogen and oxygen atoms in total. The highest BCUT2D eigenvalue weighted by Crippen LogP contribution is 2.28. The van der Waals surface area contributed by atoms with Crippen LogP contribution in [-0.4, -0.2) is 5.21 Å². The predicted molar refractivity (Wildman–Crippen MR) is 58.1 cm³/mol. The van der Waals surface area contributed by atoms with Gasteiger partial charge in [0.1, 0.15) is 5.69 Å². The second kappa shape index (κ2) is 4.33. The van der Waals surface area contributed by atoms with E-state index in [4.69, 9.17) is 5.53 Å². The average Bonchev–Trinajstić information content (AvgIpc) is 2.31. The fourth-order valence-corrected chi connectivity index (χ4v) is 1.46. The fraction of sp³-hybridized carbons (Fsp3) is 0. The Morgan fingerprint density at radius 3 is 2.62 bits per heavy atom. The summed E-state index contributed by atoms with van der Waals surface area (Å²) in [6.45, 7) is 0. The third kappa shape index (κ3) is 1.94. The van der Waals surface area contributed by atoms with E-state index in [-0.39, 0.29) is 0 Å². The van der Waals surface area contributed by atoms with Gasteiger partial charge in [0.15, 0.2) is 0 Å². The van der Waals surface area contributed by atoms with Crippen molar-refractivity contribution in [3.8, 4) is 11.1 Å². The number of hydrogen-bond acceptors (Lipinski definition) is 2. The highest BCUT2D eigenvalue weighted by molar-refractivity contribution is 5.74. The summed E-state index contributed by atoms with van der Waals surface area (Å²) in [6.07, 6.45) is 2.85. The highest BCUT2D eigenvalue weighted by Gasteiger charge is 2.08. The van der Waals surface area contributed by atoms with E-state index in [1.807, 2.05) is 30.3 Å². The van der Waals surface area contributed by atoms with Crippen LogP contribution in [0.4, 0.5) is 5.69 Å². The van der Waals surface area contributed by atoms with Crippen molar-refractivity contribution in [2.24, 2.45) is 5.11 Å². The number of nitrogens with zero attached hydrogens (tertiary/aromatic N) is 4. The number of azide groups is 1. The minimum atomic E-state index is 0.388. The van der Waals surface area contributed by atoms with Crippen molar-refractivity contribution >= 4 is 5.69 Å². The zero-order valence-electron chi connectivity index (χ0n) is 8.35. The topological polar surface area (TPSA) is 72.9 Å². The second-order valence-electron chi connectivity index (χ2n) is 3.18. The van der Waals surface area contributed by atoms with E-state index in [1.165, 1.54) is 12.4 Å². The molecule has 1 aromatic heterocycles. The molecular weight excluding hydrogens is 204 g/mol. The summed E-state index contributed by atoms with van der Waals surface area (Å²) in [5.74, 6) is 0. The quantitative estimate of drug-likeness (QED) is 0.269. The lowest BCUT2D eigenvalue weighted by Crippen LogP contribution is -2.27. The zero-order valence-corrected chi connectivity index (χ0v) is 8.35. The van der Waals surface area contributed by atoms with Crippen LogP contribution >= 0.6 is 0 Å². The van der Waals surface area contributed by atoms with Crippen LogP contribution in [0, 0.1) is 0 Å². The molecule has 0 saturated heterocycles. The Morgan fingerprint density at radius 1 is 1.19 bits per heavy atom. The average molecular weight is 213 g/mol. The number of pyridine rings is 1. The summed E-state index contributed by atoms with van der Waals surface area (Å²) >= 11 is 0. The maximum atomic E-state index is 9.24. The largest absolute Gasteiger partial charge is 0.285 e. The van der Waals surface area contributed by atoms with Crippen LogP contribution in [0.3, 0.4) is 0 Å². The first-order valence-electron chi connectivity index (χ1n) is 4.66. The van der Waals surface area contributed by atoms with Gasteiger partial charge in [0.25, 0.3) is 0 Å². The second-order valence-corrected chi connectivity index (χ2v) is 3.18. The van der Waals surface area contributed by atoms with E-state index in [9.17, 15) is 5.21 Å². The molecule has 0 unspecified atom stereocenters. The molecule has 2 aromatic rings. The summed E-state index contributed by atoms with van der Waals surface area (Å²) in [7, 11) is 0. The summed E-state index contributed by atoms with van der Waals surface area (Å²) in [6, 6.07) is 11.2. The van der Waals surface area contributed by atoms with E-state index >= 15 is 0 Å². The van der Waals surface area contributed by atoms with Gasteiger partial charge in [0, 0.05) is 21.3 Å². The number of rotatable bonds is 2. The summed E-state index contributed by atoms with van der Waals surface area (Å²) in [4.78, 5) is 2.73. The van der Waals surface area contributed by atoms with Crippen molar-refractivity contribution in [1.82, 2.24) is 0 Å². The molecule has 1 aromatic carbocycles. The van der Waals surface area contributed by atoms with Crippen LogP contribution < -0.4 is 4.73 Å². The fourth-order valence-electron chi connectivity index (χ4n) is 1.46. The third-order valence-electron chi connectivity index (χ3n) is 2.16. The van der Waals surface area contributed by atoms with Crippen LogP contribution in [0.25, 0.3) is 21.6 Å². The Hall–Kier alpha value is -2.52. The van der Waals surface area contributed by atoms with Crippen molar-refractivity contribution in [3.05, 3.63) is 59.2 Å². The van der Waals surface area contributed by atoms with Crippen LogP contribution in [-0.2, 0) is 0 Å². The van der Waals surface area contributed by atoms with Gasteiger partial charge >= 0.3 is 0 Å². The lowest BCUT2D eigenvalue weighted by molar-refractivity contribution is -0.904. The van der Waals surface area contributed by atoms with Gasteiger partial charge in [-0.05, 0) is 11.1 Å². The molecule has 0 spiro atoms. The molecule has 0 aliphatic carbocycles. The number of hydrogen-bond donors (Lipinski definition) is 1. The third-order valence-corrected chi connectivity index (χ3v) is 2.16. The summed E-state index contributed by atoms with van der Waals surface area (Å²) in [5.41, 5.74) is 10.6. The molecule has 0 aliphatic heterocycles. The van der Waals surface area contributed by atoms with Gasteiger partial charge in [0.05, 0.1) is 0 Å². The molecule has 0 amide bonds. The van der Waals surface area contributed by atoms with E-state index < -0.39 is 0 Å². The lowest BCUT2D eigenvalue weighted by Gasteiger charge is -2.01. The van der Waals surface area contributed by atoms with Crippen LogP contribution in [0.15, 0.2) is 53.9 Å². The van der Waals surface area contributed by atoms with Gasteiger partial charge in [-0.1, -0.05) is 35.4 Å². The molecule has 0 aliphatic rings. The van der Waals surface area contributed by atoms with Crippen molar-refractivity contribution in [2.45, 2.75) is 0 Å². The number of aromatic nitrogens is 1. The maximum Gasteiger partial charge on any atom is 0.232 e. The minimum absolute atomic E-state index is 0.388. The van der Waals surface area contributed by atoms with Crippen molar-refractivity contribution in [1.29, 1.82) is 0 Å². The predicted octanol–water partition coefficient (Wildman–Crippen LogP) is 2.82. The molecule has 5 heteroatoms. The first kappa shape index (κ1) is 10.0. The molecule has 78 valence electrons. The SMILES string of the molecule is [N-]=[N+]=Nc1c[n+](O)ccc1-c1ccccc1. The van der Waals surface area contributed by atoms with Crippen LogP contribution in [0.5, 0.6) is 0 Å². The first-order chi connectivity index (χ1) is 7.81. The molecule has 0 bridgehead atoms. The van der Waals surface area contributed by atoms with Gasteiger partial charge in [0.2, 0.25) is 12.4 Å². The molecule has 0 atom stereocenters. The Labute approximate surface area is 91.8 Å². The molecule has 0 fully saturated rings. The lowest BCUT2D eigenvalue weighted by atomic mass is 10.1. The molecule has 1 heterocycles.